The summed E-state index contributed by atoms with van der Waals surface area (Å²) >= 11 is 0. The molecule has 1 aromatic heterocycles. The first-order valence-electron chi connectivity index (χ1n) is 5.53. The van der Waals surface area contributed by atoms with Gasteiger partial charge in [-0.1, -0.05) is 18.2 Å². The van der Waals surface area contributed by atoms with Crippen molar-refractivity contribution < 1.29 is 34.2 Å². The molecule has 22 heavy (non-hydrogen) atoms. The van der Waals surface area contributed by atoms with Crippen molar-refractivity contribution >= 4 is 20.1 Å². The zero-order chi connectivity index (χ0) is 16.6. The van der Waals surface area contributed by atoms with Gasteiger partial charge in [0.05, 0.1) is 11.1 Å². The molecule has 0 atom stereocenters. The van der Waals surface area contributed by atoms with Crippen molar-refractivity contribution in [1.82, 2.24) is 3.97 Å². The summed E-state index contributed by atoms with van der Waals surface area (Å²) < 4.78 is 86.9. The van der Waals surface area contributed by atoms with Gasteiger partial charge in [0.2, 0.25) is 0 Å². The Morgan fingerprint density at radius 2 is 1.55 bits per heavy atom. The van der Waals surface area contributed by atoms with Crippen molar-refractivity contribution in [3.8, 4) is 5.75 Å². The smallest absolute Gasteiger partial charge is 0.374 e. The van der Waals surface area contributed by atoms with Gasteiger partial charge < -0.3 is 4.18 Å². The van der Waals surface area contributed by atoms with E-state index in [0.29, 0.717) is 10.2 Å². The van der Waals surface area contributed by atoms with Crippen LogP contribution in [-0.2, 0) is 20.1 Å². The summed E-state index contributed by atoms with van der Waals surface area (Å²) in [7, 11) is -9.90. The van der Waals surface area contributed by atoms with Crippen LogP contribution in [0.4, 0.5) is 13.2 Å². The minimum Gasteiger partial charge on any atom is -0.374 e. The van der Waals surface area contributed by atoms with Crippen molar-refractivity contribution in [2.24, 2.45) is 0 Å². The van der Waals surface area contributed by atoms with Gasteiger partial charge in [-0.15, -0.1) is 0 Å². The Kier molecular flexibility index (Phi) is 3.96. The summed E-state index contributed by atoms with van der Waals surface area (Å²) in [5.41, 5.74) is -5.60. The molecule has 6 nitrogen and oxygen atoms in total. The first-order valence-corrected chi connectivity index (χ1v) is 8.38. The van der Waals surface area contributed by atoms with E-state index in [9.17, 15) is 30.0 Å². The van der Waals surface area contributed by atoms with Crippen LogP contribution in [0, 0.1) is 0 Å². The Labute approximate surface area is 123 Å². The Hall–Kier alpha value is -2.01. The van der Waals surface area contributed by atoms with Crippen molar-refractivity contribution in [2.45, 2.75) is 10.4 Å². The molecule has 0 bridgehead atoms. The lowest BCUT2D eigenvalue weighted by Gasteiger charge is -2.08. The third kappa shape index (κ3) is 3.09. The van der Waals surface area contributed by atoms with Crippen LogP contribution in [0.2, 0.25) is 0 Å². The Bertz CT molecular complexity index is 870. The molecule has 0 aliphatic carbocycles. The van der Waals surface area contributed by atoms with Crippen LogP contribution in [0.25, 0.3) is 0 Å². The molecule has 0 fully saturated rings. The Balaban J connectivity index is 2.34. The first kappa shape index (κ1) is 16.4. The molecule has 0 saturated carbocycles. The molecule has 2 rings (SSSR count). The second kappa shape index (κ2) is 5.32. The monoisotopic (exact) mass is 355 g/mol. The molecule has 0 aliphatic rings. The highest BCUT2D eigenvalue weighted by Crippen LogP contribution is 2.27. The van der Waals surface area contributed by atoms with Crippen LogP contribution in [-0.4, -0.2) is 26.3 Å². The maximum absolute atomic E-state index is 12.2. The maximum atomic E-state index is 12.2. The molecule has 0 N–H and O–H groups in total. The maximum Gasteiger partial charge on any atom is 0.534 e. The lowest BCUT2D eigenvalue weighted by Crippen LogP contribution is -2.27. The number of aromatic nitrogens is 1. The van der Waals surface area contributed by atoms with Crippen LogP contribution >= 0.6 is 0 Å². The van der Waals surface area contributed by atoms with E-state index < -0.39 is 31.4 Å². The van der Waals surface area contributed by atoms with E-state index >= 15 is 0 Å². The summed E-state index contributed by atoms with van der Waals surface area (Å²) in [6.07, 6.45) is 1.51. The average molecular weight is 355 g/mol. The fraction of sp³-hybridized carbons (Fsp3) is 0.0909. The fourth-order valence-electron chi connectivity index (χ4n) is 1.45. The lowest BCUT2D eigenvalue weighted by molar-refractivity contribution is -0.0500. The number of hydrogen-bond acceptors (Lipinski definition) is 5. The van der Waals surface area contributed by atoms with E-state index in [-0.39, 0.29) is 4.90 Å². The van der Waals surface area contributed by atoms with Gasteiger partial charge in [0.15, 0.2) is 5.75 Å². The van der Waals surface area contributed by atoms with Crippen LogP contribution in [0.3, 0.4) is 0 Å². The van der Waals surface area contributed by atoms with Crippen LogP contribution in [0.5, 0.6) is 5.75 Å². The van der Waals surface area contributed by atoms with Gasteiger partial charge in [0, 0.05) is 12.3 Å². The fourth-order valence-corrected chi connectivity index (χ4v) is 3.10. The molecule has 0 amide bonds. The zero-order valence-corrected chi connectivity index (χ0v) is 12.2. The predicted octanol–water partition coefficient (Wildman–Crippen LogP) is 1.95. The third-order valence-corrected chi connectivity index (χ3v) is 5.08. The molecule has 2 aromatic rings. The predicted molar refractivity (Wildman–Crippen MR) is 69.1 cm³/mol. The van der Waals surface area contributed by atoms with Crippen molar-refractivity contribution in [3.63, 3.8) is 0 Å². The van der Waals surface area contributed by atoms with Gasteiger partial charge in [-0.3, -0.25) is 0 Å². The molecular weight excluding hydrogens is 347 g/mol. The number of alkyl halides is 3. The quantitative estimate of drug-likeness (QED) is 0.618. The van der Waals surface area contributed by atoms with Gasteiger partial charge in [0.1, 0.15) is 0 Å². The highest BCUT2D eigenvalue weighted by Gasteiger charge is 2.48. The van der Waals surface area contributed by atoms with E-state index in [2.05, 4.69) is 4.18 Å². The minimum atomic E-state index is -5.86. The summed E-state index contributed by atoms with van der Waals surface area (Å²) in [5.74, 6) is -0.767. The number of halogens is 3. The second-order valence-electron chi connectivity index (χ2n) is 3.98. The Morgan fingerprint density at radius 3 is 2.09 bits per heavy atom. The summed E-state index contributed by atoms with van der Waals surface area (Å²) in [6, 6.07) is 7.86. The van der Waals surface area contributed by atoms with Gasteiger partial charge >= 0.3 is 15.6 Å². The van der Waals surface area contributed by atoms with Crippen LogP contribution in [0.15, 0.2) is 53.7 Å². The molecule has 0 radical (unpaired) electrons. The van der Waals surface area contributed by atoms with E-state index in [1.807, 2.05) is 0 Å². The normalized spacial score (nSPS) is 13.0. The van der Waals surface area contributed by atoms with Crippen molar-refractivity contribution in [2.75, 3.05) is 0 Å². The van der Waals surface area contributed by atoms with Gasteiger partial charge in [-0.25, -0.2) is 12.4 Å². The highest BCUT2D eigenvalue weighted by molar-refractivity contribution is 7.90. The molecule has 0 saturated heterocycles. The van der Waals surface area contributed by atoms with Crippen molar-refractivity contribution in [3.05, 3.63) is 48.8 Å². The molecule has 0 spiro atoms. The molecule has 1 heterocycles. The second-order valence-corrected chi connectivity index (χ2v) is 7.36. The zero-order valence-electron chi connectivity index (χ0n) is 10.6. The van der Waals surface area contributed by atoms with Crippen LogP contribution < -0.4 is 4.18 Å². The van der Waals surface area contributed by atoms with E-state index in [4.69, 9.17) is 0 Å². The molecule has 0 aliphatic heterocycles. The topological polar surface area (TPSA) is 82.4 Å². The number of rotatable bonds is 4. The van der Waals surface area contributed by atoms with Gasteiger partial charge in [-0.05, 0) is 12.1 Å². The SMILES string of the molecule is O=S(=O)(c1ccccc1)n1ccc(OS(=O)(=O)C(F)(F)F)c1. The highest BCUT2D eigenvalue weighted by atomic mass is 32.2. The number of hydrogen-bond donors (Lipinski definition) is 0. The molecule has 1 aromatic carbocycles. The minimum absolute atomic E-state index is 0.115. The van der Waals surface area contributed by atoms with E-state index in [1.165, 1.54) is 24.3 Å². The molecular formula is C11H8F3NO5S2. The van der Waals surface area contributed by atoms with E-state index in [0.717, 1.165) is 12.3 Å². The molecule has 11 heteroatoms. The molecule has 0 unspecified atom stereocenters. The average Bonchev–Trinajstić information content (AvgIpc) is 2.87. The van der Waals surface area contributed by atoms with Crippen LogP contribution in [0.1, 0.15) is 0 Å². The summed E-state index contributed by atoms with van der Waals surface area (Å²) in [5, 5.41) is 0. The summed E-state index contributed by atoms with van der Waals surface area (Å²) in [6.45, 7) is 0. The third-order valence-electron chi connectivity index (χ3n) is 2.45. The number of benzene rings is 1. The molecule has 120 valence electrons. The largest absolute Gasteiger partial charge is 0.534 e. The van der Waals surface area contributed by atoms with Crippen molar-refractivity contribution in [1.29, 1.82) is 0 Å². The number of nitrogens with zero attached hydrogens (tertiary/aromatic N) is 1. The standard InChI is InChI=1S/C11H8F3NO5S2/c12-11(13,14)22(18,19)20-9-6-7-15(8-9)21(16,17)10-4-2-1-3-5-10/h1-8H. The van der Waals surface area contributed by atoms with Gasteiger partial charge in [-0.2, -0.15) is 21.6 Å². The van der Waals surface area contributed by atoms with Gasteiger partial charge in [0.25, 0.3) is 10.0 Å². The summed E-state index contributed by atoms with van der Waals surface area (Å²) in [4.78, 5) is -0.115. The van der Waals surface area contributed by atoms with E-state index in [1.54, 1.807) is 6.07 Å². The first-order chi connectivity index (χ1) is 10.0. The lowest BCUT2D eigenvalue weighted by atomic mass is 10.4. The Morgan fingerprint density at radius 1 is 0.955 bits per heavy atom.